The van der Waals surface area contributed by atoms with Crippen LogP contribution >= 0.6 is 0 Å². The highest BCUT2D eigenvalue weighted by Gasteiger charge is 2.07. The van der Waals surface area contributed by atoms with Gasteiger partial charge in [-0.3, -0.25) is 13.9 Å². The Kier molecular flexibility index (Phi) is 4.60. The van der Waals surface area contributed by atoms with E-state index in [2.05, 4.69) is 36.4 Å². The molecular formula is C19H15NO5S. The maximum Gasteiger partial charge on any atom is 0.394 e. The summed E-state index contributed by atoms with van der Waals surface area (Å²) in [5.41, 5.74) is 6.05. The Hall–Kier alpha value is -3.00. The number of rotatable bonds is 1. The summed E-state index contributed by atoms with van der Waals surface area (Å²) in [6.45, 7) is 0. The topological polar surface area (TPSA) is 118 Å². The van der Waals surface area contributed by atoms with Crippen LogP contribution in [0.5, 0.6) is 0 Å². The van der Waals surface area contributed by atoms with Crippen molar-refractivity contribution in [2.24, 2.45) is 5.73 Å². The molecule has 0 heterocycles. The van der Waals surface area contributed by atoms with Crippen molar-refractivity contribution in [3.63, 3.8) is 0 Å². The number of hydrogen-bond donors (Lipinski definition) is 3. The van der Waals surface area contributed by atoms with Crippen molar-refractivity contribution in [1.29, 1.82) is 0 Å². The molecule has 0 bridgehead atoms. The van der Waals surface area contributed by atoms with Crippen molar-refractivity contribution in [1.82, 2.24) is 0 Å². The molecule has 4 N–H and O–H groups in total. The van der Waals surface area contributed by atoms with E-state index in [4.69, 9.17) is 23.3 Å². The van der Waals surface area contributed by atoms with E-state index >= 15 is 0 Å². The molecule has 0 aliphatic rings. The summed E-state index contributed by atoms with van der Waals surface area (Å²) in [6.07, 6.45) is 0. The highest BCUT2D eigenvalue weighted by atomic mass is 32.3. The second-order valence-corrected chi connectivity index (χ2v) is 6.63. The van der Waals surface area contributed by atoms with E-state index in [1.807, 2.05) is 24.3 Å². The van der Waals surface area contributed by atoms with Crippen LogP contribution in [0.15, 0.2) is 66.7 Å². The van der Waals surface area contributed by atoms with Gasteiger partial charge in [0, 0.05) is 5.56 Å². The lowest BCUT2D eigenvalue weighted by Crippen LogP contribution is -2.11. The highest BCUT2D eigenvalue weighted by molar-refractivity contribution is 7.79. The van der Waals surface area contributed by atoms with Gasteiger partial charge in [-0.2, -0.15) is 8.42 Å². The smallest absolute Gasteiger partial charge is 0.366 e. The first-order chi connectivity index (χ1) is 12.2. The fraction of sp³-hybridized carbons (Fsp3) is 0. The van der Waals surface area contributed by atoms with E-state index in [1.165, 1.54) is 16.2 Å². The van der Waals surface area contributed by atoms with Crippen LogP contribution in [0.4, 0.5) is 0 Å². The average Bonchev–Trinajstić information content (AvgIpc) is 2.55. The Morgan fingerprint density at radius 3 is 1.73 bits per heavy atom. The number of benzene rings is 4. The fourth-order valence-corrected chi connectivity index (χ4v) is 2.93. The largest absolute Gasteiger partial charge is 0.394 e. The fourth-order valence-electron chi connectivity index (χ4n) is 2.93. The first-order valence-electron chi connectivity index (χ1n) is 7.57. The zero-order chi connectivity index (χ0) is 18.9. The van der Waals surface area contributed by atoms with E-state index < -0.39 is 10.4 Å². The second-order valence-electron chi connectivity index (χ2n) is 5.74. The summed E-state index contributed by atoms with van der Waals surface area (Å²) >= 11 is 0. The Bertz CT molecular complexity index is 1240. The third-order valence-corrected chi connectivity index (χ3v) is 3.97. The average molecular weight is 369 g/mol. The molecule has 132 valence electrons. The SMILES string of the molecule is NC(=O)c1cccc2cc3cc4ccccc4cc3cc12.O=S(=O)(O)O. The van der Waals surface area contributed by atoms with Gasteiger partial charge in [-0.15, -0.1) is 0 Å². The van der Waals surface area contributed by atoms with Gasteiger partial charge in [-0.05, 0) is 62.6 Å². The summed E-state index contributed by atoms with van der Waals surface area (Å²) in [4.78, 5) is 11.6. The van der Waals surface area contributed by atoms with E-state index in [9.17, 15) is 4.79 Å². The zero-order valence-corrected chi connectivity index (χ0v) is 14.3. The van der Waals surface area contributed by atoms with Crippen LogP contribution < -0.4 is 5.73 Å². The summed E-state index contributed by atoms with van der Waals surface area (Å²) in [7, 11) is -4.67. The number of carbonyl (C=O) groups is 1. The van der Waals surface area contributed by atoms with Gasteiger partial charge in [0.05, 0.1) is 0 Å². The molecule has 0 saturated heterocycles. The molecule has 0 atom stereocenters. The summed E-state index contributed by atoms with van der Waals surface area (Å²) in [5, 5.41) is 6.65. The van der Waals surface area contributed by atoms with E-state index in [0.717, 1.165) is 16.2 Å². The Morgan fingerprint density at radius 1 is 0.731 bits per heavy atom. The maximum absolute atomic E-state index is 11.6. The van der Waals surface area contributed by atoms with Gasteiger partial charge >= 0.3 is 10.4 Å². The predicted octanol–water partition coefficient (Wildman–Crippen LogP) is 3.59. The number of fused-ring (bicyclic) bond motifs is 3. The minimum Gasteiger partial charge on any atom is -0.366 e. The van der Waals surface area contributed by atoms with Crippen molar-refractivity contribution >= 4 is 48.6 Å². The van der Waals surface area contributed by atoms with Crippen LogP contribution in [0.1, 0.15) is 10.4 Å². The lowest BCUT2D eigenvalue weighted by Gasteiger charge is -2.07. The molecule has 0 aliphatic heterocycles. The first kappa shape index (κ1) is 17.8. The second kappa shape index (κ2) is 6.72. The molecule has 0 radical (unpaired) electrons. The van der Waals surface area contributed by atoms with Crippen LogP contribution in [0.25, 0.3) is 32.3 Å². The lowest BCUT2D eigenvalue weighted by atomic mass is 9.97. The molecule has 0 aromatic heterocycles. The summed E-state index contributed by atoms with van der Waals surface area (Å²) in [5.74, 6) is -0.388. The van der Waals surface area contributed by atoms with Crippen LogP contribution in [-0.2, 0) is 10.4 Å². The molecule has 7 heteroatoms. The van der Waals surface area contributed by atoms with Crippen LogP contribution in [0, 0.1) is 0 Å². The molecule has 4 rings (SSSR count). The van der Waals surface area contributed by atoms with Gasteiger partial charge < -0.3 is 5.73 Å². The van der Waals surface area contributed by atoms with E-state index in [0.29, 0.717) is 5.56 Å². The van der Waals surface area contributed by atoms with Crippen molar-refractivity contribution in [3.8, 4) is 0 Å². The van der Waals surface area contributed by atoms with Crippen molar-refractivity contribution in [3.05, 3.63) is 72.3 Å². The van der Waals surface area contributed by atoms with Crippen molar-refractivity contribution in [2.75, 3.05) is 0 Å². The van der Waals surface area contributed by atoms with E-state index in [-0.39, 0.29) is 5.91 Å². The zero-order valence-electron chi connectivity index (χ0n) is 13.5. The minimum atomic E-state index is -4.67. The van der Waals surface area contributed by atoms with Gasteiger partial charge in [0.1, 0.15) is 0 Å². The number of primary amides is 1. The molecule has 0 fully saturated rings. The third kappa shape index (κ3) is 3.97. The minimum absolute atomic E-state index is 0.388. The van der Waals surface area contributed by atoms with Crippen molar-refractivity contribution < 1.29 is 22.3 Å². The maximum atomic E-state index is 11.6. The molecule has 0 saturated carbocycles. The van der Waals surface area contributed by atoms with Gasteiger partial charge in [0.25, 0.3) is 0 Å². The Balaban J connectivity index is 0.000000349. The molecular weight excluding hydrogens is 354 g/mol. The summed E-state index contributed by atoms with van der Waals surface area (Å²) in [6, 6.07) is 22.4. The van der Waals surface area contributed by atoms with Crippen LogP contribution in [0.3, 0.4) is 0 Å². The Morgan fingerprint density at radius 2 is 1.19 bits per heavy atom. The molecule has 4 aromatic carbocycles. The molecule has 6 nitrogen and oxygen atoms in total. The predicted molar refractivity (Wildman–Crippen MR) is 102 cm³/mol. The normalized spacial score (nSPS) is 11.3. The van der Waals surface area contributed by atoms with E-state index in [1.54, 1.807) is 6.07 Å². The van der Waals surface area contributed by atoms with Crippen LogP contribution in [-0.4, -0.2) is 23.4 Å². The van der Waals surface area contributed by atoms with Gasteiger partial charge in [-0.1, -0.05) is 36.4 Å². The lowest BCUT2D eigenvalue weighted by molar-refractivity contribution is 0.100. The van der Waals surface area contributed by atoms with Gasteiger partial charge in [0.2, 0.25) is 5.91 Å². The molecule has 0 spiro atoms. The molecule has 1 amide bonds. The monoisotopic (exact) mass is 369 g/mol. The number of amides is 1. The standard InChI is InChI=1S/C19H13NO.H2O4S/c20-19(21)17-7-3-6-14-10-15-8-12-4-1-2-5-13(12)9-16(15)11-18(14)17;1-5(2,3)4/h1-11H,(H2,20,21);(H2,1,2,3,4). The Labute approximate surface area is 149 Å². The number of nitrogens with two attached hydrogens (primary N) is 1. The molecule has 0 aliphatic carbocycles. The van der Waals surface area contributed by atoms with Gasteiger partial charge in [-0.25, -0.2) is 0 Å². The highest BCUT2D eigenvalue weighted by Crippen LogP contribution is 2.28. The quantitative estimate of drug-likeness (QED) is 0.350. The summed E-state index contributed by atoms with van der Waals surface area (Å²) < 4.78 is 31.6. The van der Waals surface area contributed by atoms with Gasteiger partial charge in [0.15, 0.2) is 0 Å². The number of hydrogen-bond acceptors (Lipinski definition) is 3. The molecule has 4 aromatic rings. The molecule has 26 heavy (non-hydrogen) atoms. The molecule has 0 unspecified atom stereocenters. The first-order valence-corrected chi connectivity index (χ1v) is 8.97. The third-order valence-electron chi connectivity index (χ3n) is 3.97. The van der Waals surface area contributed by atoms with Crippen molar-refractivity contribution in [2.45, 2.75) is 0 Å². The van der Waals surface area contributed by atoms with Crippen LogP contribution in [0.2, 0.25) is 0 Å². The number of carbonyl (C=O) groups excluding carboxylic acids is 1.